The Morgan fingerprint density at radius 3 is 2.14 bits per heavy atom. The van der Waals surface area contributed by atoms with Gasteiger partial charge in [-0.2, -0.15) is 0 Å². The highest BCUT2D eigenvalue weighted by Gasteiger charge is 2.25. The molecular weight excluding hydrogens is 182 g/mol. The molecular formula is C9H17N3O2. The molecule has 5 nitrogen and oxygen atoms in total. The van der Waals surface area contributed by atoms with Crippen LogP contribution in [0.2, 0.25) is 0 Å². The highest BCUT2D eigenvalue weighted by atomic mass is 16.2. The van der Waals surface area contributed by atoms with Gasteiger partial charge in [-0.05, 0) is 12.8 Å². The molecule has 1 heterocycles. The number of carbonyl (C=O) groups excluding carboxylic acids is 2. The third-order valence-electron chi connectivity index (χ3n) is 2.68. The fourth-order valence-corrected chi connectivity index (χ4v) is 1.75. The van der Waals surface area contributed by atoms with E-state index < -0.39 is 0 Å². The zero-order valence-electron chi connectivity index (χ0n) is 8.24. The van der Waals surface area contributed by atoms with E-state index in [2.05, 4.69) is 0 Å². The van der Waals surface area contributed by atoms with Crippen LogP contribution in [0.5, 0.6) is 0 Å². The Bertz CT molecular complexity index is 198. The molecule has 14 heavy (non-hydrogen) atoms. The predicted octanol–water partition coefficient (Wildman–Crippen LogP) is -1.29. The van der Waals surface area contributed by atoms with E-state index in [4.69, 9.17) is 11.5 Å². The second-order valence-electron chi connectivity index (χ2n) is 3.53. The van der Waals surface area contributed by atoms with Gasteiger partial charge in [0.15, 0.2) is 0 Å². The topological polar surface area (TPSA) is 89.4 Å². The summed E-state index contributed by atoms with van der Waals surface area (Å²) in [7, 11) is 0. The van der Waals surface area contributed by atoms with Gasteiger partial charge in [-0.15, -0.1) is 0 Å². The first-order valence-corrected chi connectivity index (χ1v) is 4.89. The zero-order chi connectivity index (χ0) is 10.6. The summed E-state index contributed by atoms with van der Waals surface area (Å²) in [5.74, 6) is 0.107. The van der Waals surface area contributed by atoms with Crippen LogP contribution in [-0.2, 0) is 9.59 Å². The van der Waals surface area contributed by atoms with Gasteiger partial charge in [0.1, 0.15) is 5.78 Å². The van der Waals surface area contributed by atoms with Crippen molar-refractivity contribution in [2.75, 3.05) is 26.2 Å². The van der Waals surface area contributed by atoms with Gasteiger partial charge in [-0.1, -0.05) is 0 Å². The van der Waals surface area contributed by atoms with Crippen molar-refractivity contribution in [1.82, 2.24) is 4.90 Å². The summed E-state index contributed by atoms with van der Waals surface area (Å²) in [4.78, 5) is 24.2. The predicted molar refractivity (Wildman–Crippen MR) is 52.4 cm³/mol. The average molecular weight is 199 g/mol. The number of hydrogen-bond acceptors (Lipinski definition) is 4. The summed E-state index contributed by atoms with van der Waals surface area (Å²) in [6, 6.07) is 0. The molecule has 0 spiro atoms. The van der Waals surface area contributed by atoms with Crippen LogP contribution in [0.1, 0.15) is 12.8 Å². The standard InChI is InChI=1S/C9H17N3O2/c10-5-8(13)7-1-3-12(4-2-7)9(14)6-11/h7H,1-6,10-11H2. The van der Waals surface area contributed by atoms with E-state index in [1.54, 1.807) is 4.90 Å². The fraction of sp³-hybridized carbons (Fsp3) is 0.778. The van der Waals surface area contributed by atoms with Crippen LogP contribution in [0.15, 0.2) is 0 Å². The Morgan fingerprint density at radius 2 is 1.71 bits per heavy atom. The largest absolute Gasteiger partial charge is 0.342 e. The van der Waals surface area contributed by atoms with Crippen molar-refractivity contribution in [3.63, 3.8) is 0 Å². The molecule has 4 N–H and O–H groups in total. The van der Waals surface area contributed by atoms with E-state index in [1.807, 2.05) is 0 Å². The van der Waals surface area contributed by atoms with Gasteiger partial charge >= 0.3 is 0 Å². The van der Waals surface area contributed by atoms with E-state index >= 15 is 0 Å². The summed E-state index contributed by atoms with van der Waals surface area (Å²) >= 11 is 0. The van der Waals surface area contributed by atoms with Gasteiger partial charge in [0.05, 0.1) is 13.1 Å². The second kappa shape index (κ2) is 5.07. The normalized spacial score (nSPS) is 18.3. The molecule has 1 saturated heterocycles. The van der Waals surface area contributed by atoms with Crippen LogP contribution >= 0.6 is 0 Å². The number of ketones is 1. The maximum Gasteiger partial charge on any atom is 0.236 e. The molecule has 0 unspecified atom stereocenters. The number of nitrogens with zero attached hydrogens (tertiary/aromatic N) is 1. The van der Waals surface area contributed by atoms with Crippen LogP contribution in [0.3, 0.4) is 0 Å². The van der Waals surface area contributed by atoms with Gasteiger partial charge in [0.2, 0.25) is 5.91 Å². The molecule has 80 valence electrons. The minimum Gasteiger partial charge on any atom is -0.342 e. The van der Waals surface area contributed by atoms with Crippen LogP contribution in [0, 0.1) is 5.92 Å². The molecule has 1 amide bonds. The third-order valence-corrected chi connectivity index (χ3v) is 2.68. The molecule has 1 aliphatic rings. The Labute approximate surface area is 83.4 Å². The summed E-state index contributed by atoms with van der Waals surface area (Å²) in [5.41, 5.74) is 10.5. The van der Waals surface area contributed by atoms with Gasteiger partial charge in [-0.25, -0.2) is 0 Å². The van der Waals surface area contributed by atoms with Crippen LogP contribution in [-0.4, -0.2) is 42.8 Å². The molecule has 0 saturated carbocycles. The molecule has 0 bridgehead atoms. The summed E-state index contributed by atoms with van der Waals surface area (Å²) < 4.78 is 0. The molecule has 1 fully saturated rings. The number of nitrogens with two attached hydrogens (primary N) is 2. The van der Waals surface area contributed by atoms with Crippen molar-refractivity contribution in [2.24, 2.45) is 17.4 Å². The third kappa shape index (κ3) is 2.52. The lowest BCUT2D eigenvalue weighted by Crippen LogP contribution is -2.43. The van der Waals surface area contributed by atoms with E-state index in [0.717, 1.165) is 12.8 Å². The number of amides is 1. The maximum atomic E-state index is 11.3. The van der Waals surface area contributed by atoms with Crippen molar-refractivity contribution in [1.29, 1.82) is 0 Å². The molecule has 0 aromatic carbocycles. The molecule has 0 aliphatic carbocycles. The summed E-state index contributed by atoms with van der Waals surface area (Å²) in [6.07, 6.45) is 1.45. The lowest BCUT2D eigenvalue weighted by atomic mass is 9.92. The quantitative estimate of drug-likeness (QED) is 0.592. The van der Waals surface area contributed by atoms with Gasteiger partial charge in [0.25, 0.3) is 0 Å². The number of Topliss-reactive ketones (excluding diaryl/α,β-unsaturated/α-hetero) is 1. The molecule has 5 heteroatoms. The minimum absolute atomic E-state index is 0.0383. The molecule has 1 rings (SSSR count). The summed E-state index contributed by atoms with van der Waals surface area (Å²) in [5, 5.41) is 0. The average Bonchev–Trinajstić information content (AvgIpc) is 2.27. The molecule has 0 radical (unpaired) electrons. The van der Waals surface area contributed by atoms with Crippen molar-refractivity contribution >= 4 is 11.7 Å². The van der Waals surface area contributed by atoms with Crippen LogP contribution < -0.4 is 11.5 Å². The number of rotatable bonds is 3. The first-order chi connectivity index (χ1) is 6.69. The maximum absolute atomic E-state index is 11.3. The lowest BCUT2D eigenvalue weighted by molar-refractivity contribution is -0.133. The van der Waals surface area contributed by atoms with Gasteiger partial charge in [-0.3, -0.25) is 9.59 Å². The number of carbonyl (C=O) groups is 2. The van der Waals surface area contributed by atoms with Crippen molar-refractivity contribution in [3.05, 3.63) is 0 Å². The van der Waals surface area contributed by atoms with Crippen molar-refractivity contribution in [2.45, 2.75) is 12.8 Å². The highest BCUT2D eigenvalue weighted by Crippen LogP contribution is 2.17. The van der Waals surface area contributed by atoms with Gasteiger partial charge in [0, 0.05) is 19.0 Å². The van der Waals surface area contributed by atoms with Gasteiger partial charge < -0.3 is 16.4 Å². The van der Waals surface area contributed by atoms with Crippen molar-refractivity contribution < 1.29 is 9.59 Å². The number of likely N-dealkylation sites (tertiary alicyclic amines) is 1. The van der Waals surface area contributed by atoms with E-state index in [1.165, 1.54) is 0 Å². The Balaban J connectivity index is 2.38. The lowest BCUT2D eigenvalue weighted by Gasteiger charge is -2.30. The Hall–Kier alpha value is -0.940. The molecule has 0 aromatic heterocycles. The molecule has 0 aromatic rings. The minimum atomic E-state index is -0.0383. The van der Waals surface area contributed by atoms with E-state index in [0.29, 0.717) is 13.1 Å². The highest BCUT2D eigenvalue weighted by molar-refractivity contribution is 5.83. The smallest absolute Gasteiger partial charge is 0.236 e. The first-order valence-electron chi connectivity index (χ1n) is 4.89. The summed E-state index contributed by atoms with van der Waals surface area (Å²) in [6.45, 7) is 1.42. The molecule has 0 atom stereocenters. The molecule has 1 aliphatic heterocycles. The van der Waals surface area contributed by atoms with E-state index in [-0.39, 0.29) is 30.7 Å². The monoisotopic (exact) mass is 199 g/mol. The SMILES string of the molecule is NCC(=O)C1CCN(C(=O)CN)CC1. The first kappa shape index (κ1) is 11.1. The zero-order valence-corrected chi connectivity index (χ0v) is 8.24. The van der Waals surface area contributed by atoms with Crippen LogP contribution in [0.25, 0.3) is 0 Å². The van der Waals surface area contributed by atoms with Crippen molar-refractivity contribution in [3.8, 4) is 0 Å². The number of hydrogen-bond donors (Lipinski definition) is 2. The second-order valence-corrected chi connectivity index (χ2v) is 3.53. The Morgan fingerprint density at radius 1 is 1.14 bits per heavy atom. The fourth-order valence-electron chi connectivity index (χ4n) is 1.75. The van der Waals surface area contributed by atoms with Crippen LogP contribution in [0.4, 0.5) is 0 Å². The Kier molecular flexibility index (Phi) is 4.03. The number of piperidine rings is 1. The van der Waals surface area contributed by atoms with E-state index in [9.17, 15) is 9.59 Å².